The number of thiophene rings is 1. The van der Waals surface area contributed by atoms with Crippen molar-refractivity contribution in [3.8, 4) is 11.5 Å². The van der Waals surface area contributed by atoms with E-state index in [-0.39, 0.29) is 22.3 Å². The fourth-order valence-electron chi connectivity index (χ4n) is 10.8. The van der Waals surface area contributed by atoms with Crippen LogP contribution in [0.5, 0.6) is 11.5 Å². The van der Waals surface area contributed by atoms with Crippen molar-refractivity contribution in [1.82, 2.24) is 4.90 Å². The molecule has 1 saturated heterocycles. The van der Waals surface area contributed by atoms with Crippen LogP contribution in [0.25, 0.3) is 10.1 Å². The van der Waals surface area contributed by atoms with E-state index in [1.807, 2.05) is 18.4 Å². The number of likely N-dealkylation sites (tertiary alicyclic amines) is 1. The molecule has 5 aliphatic carbocycles. The van der Waals surface area contributed by atoms with Gasteiger partial charge >= 0.3 is 0 Å². The van der Waals surface area contributed by atoms with E-state index in [1.54, 1.807) is 7.11 Å². The molecule has 2 aliphatic heterocycles. The van der Waals surface area contributed by atoms with E-state index in [0.717, 1.165) is 49.6 Å². The van der Waals surface area contributed by atoms with Gasteiger partial charge in [-0.15, -0.1) is 11.3 Å². The first-order valence-corrected chi connectivity index (χ1v) is 16.5. The highest BCUT2D eigenvalue weighted by atomic mass is 32.1. The number of fused-ring (bicyclic) bond motifs is 3. The lowest BCUT2D eigenvalue weighted by atomic mass is 9.32. The highest BCUT2D eigenvalue weighted by Crippen LogP contribution is 2.79. The van der Waals surface area contributed by atoms with Gasteiger partial charge in [0.15, 0.2) is 11.5 Å². The van der Waals surface area contributed by atoms with Crippen molar-refractivity contribution in [2.24, 2.45) is 16.7 Å². The first kappa shape index (κ1) is 25.4. The predicted molar refractivity (Wildman–Crippen MR) is 161 cm³/mol. The second kappa shape index (κ2) is 8.49. The van der Waals surface area contributed by atoms with Crippen molar-refractivity contribution in [3.05, 3.63) is 58.5 Å². The average molecular weight is 572 g/mol. The molecule has 5 nitrogen and oxygen atoms in total. The van der Waals surface area contributed by atoms with Crippen LogP contribution in [0.3, 0.4) is 0 Å². The van der Waals surface area contributed by atoms with E-state index in [0.29, 0.717) is 19.3 Å². The van der Waals surface area contributed by atoms with Crippen molar-refractivity contribution >= 4 is 21.4 Å². The van der Waals surface area contributed by atoms with Gasteiger partial charge in [0.2, 0.25) is 0 Å². The molecule has 2 spiro atoms. The molecule has 2 aromatic carbocycles. The van der Waals surface area contributed by atoms with E-state index in [4.69, 9.17) is 18.9 Å². The number of hydrogen-bond acceptors (Lipinski definition) is 6. The number of hydrogen-bond donors (Lipinski definition) is 0. The molecule has 0 radical (unpaired) electrons. The first-order valence-electron chi connectivity index (χ1n) is 15.7. The second-order valence-electron chi connectivity index (χ2n) is 14.2. The van der Waals surface area contributed by atoms with Crippen molar-refractivity contribution in [2.45, 2.75) is 81.6 Å². The van der Waals surface area contributed by atoms with Crippen LogP contribution >= 0.6 is 11.3 Å². The maximum Gasteiger partial charge on any atom is 0.165 e. The maximum absolute atomic E-state index is 7.23. The summed E-state index contributed by atoms with van der Waals surface area (Å²) in [6.07, 6.45) is 8.42. The van der Waals surface area contributed by atoms with E-state index in [9.17, 15) is 0 Å². The summed E-state index contributed by atoms with van der Waals surface area (Å²) in [5, 5.41) is 1.31. The Morgan fingerprint density at radius 3 is 2.76 bits per heavy atom. The van der Waals surface area contributed by atoms with E-state index in [1.165, 1.54) is 51.9 Å². The van der Waals surface area contributed by atoms with E-state index < -0.39 is 5.60 Å². The minimum atomic E-state index is -0.406. The molecule has 7 aliphatic rings. The molecule has 0 N–H and O–H groups in total. The molecule has 10 rings (SSSR count). The Morgan fingerprint density at radius 2 is 1.95 bits per heavy atom. The van der Waals surface area contributed by atoms with Crippen molar-refractivity contribution < 1.29 is 18.9 Å². The summed E-state index contributed by atoms with van der Waals surface area (Å²) in [5.74, 6) is 2.78. The third-order valence-electron chi connectivity index (χ3n) is 12.5. The summed E-state index contributed by atoms with van der Waals surface area (Å²) in [4.78, 5) is 4.20. The largest absolute Gasteiger partial charge is 0.493 e. The van der Waals surface area contributed by atoms with Crippen LogP contribution in [-0.2, 0) is 27.9 Å². The van der Waals surface area contributed by atoms with Crippen molar-refractivity contribution in [1.29, 1.82) is 0 Å². The Balaban J connectivity index is 1.13. The summed E-state index contributed by atoms with van der Waals surface area (Å²) in [7, 11) is 3.72. The lowest BCUT2D eigenvalue weighted by Gasteiger charge is -2.76. The van der Waals surface area contributed by atoms with Crippen LogP contribution < -0.4 is 9.47 Å². The normalized spacial score (nSPS) is 38.2. The summed E-state index contributed by atoms with van der Waals surface area (Å²) < 4.78 is 28.0. The van der Waals surface area contributed by atoms with Gasteiger partial charge in [0.1, 0.15) is 11.7 Å². The number of rotatable bonds is 8. The fourth-order valence-corrected chi connectivity index (χ4v) is 11.8. The Hall–Kier alpha value is -2.12. The maximum atomic E-state index is 7.23. The molecular weight excluding hydrogens is 530 g/mol. The SMILES string of the molecule is COc1ccc2c3c1O[C@H]1C4(OC)CC[C@@]5(C[C@]4(C)COCc4cc6ccccc6s4)[C@@H](C2)N(CC2CC2)CC[C@]315. The first-order chi connectivity index (χ1) is 20.0. The van der Waals surface area contributed by atoms with Gasteiger partial charge in [0.25, 0.3) is 0 Å². The Kier molecular flexibility index (Phi) is 5.26. The molecule has 4 saturated carbocycles. The van der Waals surface area contributed by atoms with Gasteiger partial charge in [-0.25, -0.2) is 0 Å². The molecule has 6 heteroatoms. The van der Waals surface area contributed by atoms with Crippen LogP contribution in [0, 0.1) is 16.7 Å². The van der Waals surface area contributed by atoms with Crippen molar-refractivity contribution in [3.63, 3.8) is 0 Å². The van der Waals surface area contributed by atoms with E-state index >= 15 is 0 Å². The number of piperidine rings is 1. The zero-order valence-corrected chi connectivity index (χ0v) is 25.4. The molecule has 1 unspecified atom stereocenters. The summed E-state index contributed by atoms with van der Waals surface area (Å²) in [6.45, 7) is 6.21. The van der Waals surface area contributed by atoms with Gasteiger partial charge in [-0.1, -0.05) is 31.2 Å². The van der Waals surface area contributed by atoms with Crippen LogP contribution in [-0.4, -0.2) is 56.6 Å². The Morgan fingerprint density at radius 1 is 1.07 bits per heavy atom. The molecule has 6 atom stereocenters. The zero-order valence-electron chi connectivity index (χ0n) is 24.5. The van der Waals surface area contributed by atoms with Crippen LogP contribution in [0.4, 0.5) is 0 Å². The molecule has 3 aromatic rings. The van der Waals surface area contributed by atoms with Gasteiger partial charge in [-0.3, -0.25) is 4.90 Å². The molecule has 5 fully saturated rings. The predicted octanol–water partition coefficient (Wildman–Crippen LogP) is 6.74. The van der Waals surface area contributed by atoms with E-state index in [2.05, 4.69) is 54.3 Å². The fraction of sp³-hybridized carbons (Fsp3) is 0.600. The summed E-state index contributed by atoms with van der Waals surface area (Å²) in [6, 6.07) is 16.0. The number of methoxy groups -OCH3 is 2. The van der Waals surface area contributed by atoms with Gasteiger partial charge in [0, 0.05) is 51.1 Å². The number of benzene rings is 2. The molecule has 1 aromatic heterocycles. The summed E-state index contributed by atoms with van der Waals surface area (Å²) >= 11 is 1.85. The van der Waals surface area contributed by atoms with Crippen LogP contribution in [0.15, 0.2) is 42.5 Å². The third kappa shape index (κ3) is 3.08. The van der Waals surface area contributed by atoms with Crippen LogP contribution in [0.1, 0.15) is 61.5 Å². The molecule has 216 valence electrons. The highest BCUT2D eigenvalue weighted by molar-refractivity contribution is 7.19. The standard InChI is InChI=1S/C35H41NO4S/c1-32(21-39-19-25-16-23-6-4-5-7-27(23)41-25)20-33-12-13-35(32,38-3)31-34(33)14-15-36(18-22-8-9-22)28(33)17-24-10-11-26(37-2)30(40-31)29(24)34/h4-7,10-11,16,22,28,31H,8-9,12-15,17-21H2,1-3H3/t28-,31-,32-,33-,34+,35?/m1/s1. The topological polar surface area (TPSA) is 40.2 Å². The lowest BCUT2D eigenvalue weighted by Crippen LogP contribution is -2.83. The Bertz CT molecular complexity index is 1520. The Labute approximate surface area is 247 Å². The molecular formula is C35H41NO4S. The van der Waals surface area contributed by atoms with Gasteiger partial charge in [0.05, 0.1) is 20.3 Å². The smallest absolute Gasteiger partial charge is 0.165 e. The molecule has 4 bridgehead atoms. The lowest BCUT2D eigenvalue weighted by molar-refractivity contribution is -0.314. The minimum absolute atomic E-state index is 0.0173. The van der Waals surface area contributed by atoms with Gasteiger partial charge in [-0.2, -0.15) is 0 Å². The quantitative estimate of drug-likeness (QED) is 0.300. The summed E-state index contributed by atoms with van der Waals surface area (Å²) in [5.41, 5.74) is 2.54. The third-order valence-corrected chi connectivity index (χ3v) is 13.6. The molecule has 3 heterocycles. The highest BCUT2D eigenvalue weighted by Gasteiger charge is 2.83. The van der Waals surface area contributed by atoms with Gasteiger partial charge in [-0.05, 0) is 86.6 Å². The van der Waals surface area contributed by atoms with Gasteiger partial charge < -0.3 is 18.9 Å². The van der Waals surface area contributed by atoms with Crippen LogP contribution in [0.2, 0.25) is 0 Å². The molecule has 41 heavy (non-hydrogen) atoms. The average Bonchev–Trinajstić information content (AvgIpc) is 3.58. The number of nitrogens with zero attached hydrogens (tertiary/aromatic N) is 1. The monoisotopic (exact) mass is 571 g/mol. The van der Waals surface area contributed by atoms with Crippen molar-refractivity contribution in [2.75, 3.05) is 33.9 Å². The second-order valence-corrected chi connectivity index (χ2v) is 15.4. The molecule has 0 amide bonds. The zero-order chi connectivity index (χ0) is 27.6. The minimum Gasteiger partial charge on any atom is -0.493 e. The number of ether oxygens (including phenoxy) is 4.